The van der Waals surface area contributed by atoms with Crippen LogP contribution in [0, 0.1) is 11.7 Å². The average Bonchev–Trinajstić information content (AvgIpc) is 3.29. The van der Waals surface area contributed by atoms with Crippen LogP contribution in [0.4, 0.5) is 16.0 Å². The molecule has 0 spiro atoms. The Morgan fingerprint density at radius 2 is 1.97 bits per heavy atom. The summed E-state index contributed by atoms with van der Waals surface area (Å²) >= 11 is 0. The third kappa shape index (κ3) is 3.37. The van der Waals surface area contributed by atoms with Crippen LogP contribution in [0.3, 0.4) is 0 Å². The minimum atomic E-state index is -0.567. The fraction of sp³-hybridized carbons (Fsp3) is 0.381. The summed E-state index contributed by atoms with van der Waals surface area (Å²) in [4.78, 5) is 29.2. The molecule has 9 nitrogen and oxygen atoms in total. The van der Waals surface area contributed by atoms with Crippen LogP contribution in [0.15, 0.2) is 43.0 Å². The molecule has 31 heavy (non-hydrogen) atoms. The molecule has 2 saturated heterocycles. The third-order valence-corrected chi connectivity index (χ3v) is 6.07. The van der Waals surface area contributed by atoms with E-state index in [2.05, 4.69) is 25.1 Å². The summed E-state index contributed by atoms with van der Waals surface area (Å²) in [7, 11) is 3.87. The highest BCUT2D eigenvalue weighted by atomic mass is 19.1. The van der Waals surface area contributed by atoms with Crippen LogP contribution in [-0.2, 0) is 0 Å². The molecular weight excluding hydrogens is 399 g/mol. The lowest BCUT2D eigenvalue weighted by Crippen LogP contribution is -2.66. The van der Waals surface area contributed by atoms with Crippen LogP contribution in [0.1, 0.15) is 16.8 Å². The van der Waals surface area contributed by atoms with Gasteiger partial charge in [-0.25, -0.2) is 14.4 Å². The quantitative estimate of drug-likeness (QED) is 0.632. The molecular formula is C21H23FN8O. The molecule has 3 aromatic rings. The number of nitrogens with zero attached hydrogens (tertiary/aromatic N) is 8. The van der Waals surface area contributed by atoms with Crippen LogP contribution in [-0.4, -0.2) is 75.5 Å². The maximum atomic E-state index is 14.8. The molecule has 10 heteroatoms. The first-order valence-corrected chi connectivity index (χ1v) is 10.2. The third-order valence-electron chi connectivity index (χ3n) is 6.07. The van der Waals surface area contributed by atoms with Gasteiger partial charge in [0.1, 0.15) is 35.0 Å². The molecule has 160 valence electrons. The molecule has 0 radical (unpaired) electrons. The number of amides is 1. The van der Waals surface area contributed by atoms with Gasteiger partial charge < -0.3 is 14.7 Å². The van der Waals surface area contributed by atoms with Crippen molar-refractivity contribution in [1.82, 2.24) is 29.9 Å². The van der Waals surface area contributed by atoms with Crippen molar-refractivity contribution in [2.75, 3.05) is 43.5 Å². The number of hydrogen-bond donors (Lipinski definition) is 0. The number of carbonyl (C=O) groups excluding carboxylic acids is 1. The zero-order chi connectivity index (χ0) is 21.5. The number of hydrogen-bond acceptors (Lipinski definition) is 7. The van der Waals surface area contributed by atoms with Crippen LogP contribution in [0.2, 0.25) is 0 Å². The van der Waals surface area contributed by atoms with Crippen molar-refractivity contribution >= 4 is 17.5 Å². The first-order chi connectivity index (χ1) is 15.0. The molecule has 0 saturated carbocycles. The predicted molar refractivity (Wildman–Crippen MR) is 113 cm³/mol. The lowest BCUT2D eigenvalue weighted by molar-refractivity contribution is 0.00741. The van der Waals surface area contributed by atoms with Crippen molar-refractivity contribution < 1.29 is 9.18 Å². The molecule has 2 aliphatic heterocycles. The van der Waals surface area contributed by atoms with Crippen molar-refractivity contribution in [3.63, 3.8) is 0 Å². The number of halogens is 1. The minimum absolute atomic E-state index is 0.00574. The molecule has 2 aliphatic rings. The standard InChI is InChI=1S/C21H23FN8O/c1-27(2)18-10-19(24-13-23-18)28-9-6-14-11-29(17(14)12-28)21(31)20-15(22)4-3-5-16(20)30-25-7-8-26-30/h3-5,7-8,10,13-14,17H,6,9,11-12H2,1-2H3/t14-,17?/m1/s1. The summed E-state index contributed by atoms with van der Waals surface area (Å²) in [5.74, 6) is 1.18. The first kappa shape index (κ1) is 19.4. The predicted octanol–water partition coefficient (Wildman–Crippen LogP) is 1.61. The van der Waals surface area contributed by atoms with Gasteiger partial charge in [-0.3, -0.25) is 4.79 Å². The molecule has 4 heterocycles. The summed E-state index contributed by atoms with van der Waals surface area (Å²) in [5.41, 5.74) is 0.351. The molecule has 1 unspecified atom stereocenters. The Balaban J connectivity index is 1.39. The second kappa shape index (κ2) is 7.60. The number of benzene rings is 1. The van der Waals surface area contributed by atoms with Gasteiger partial charge in [0.25, 0.3) is 5.91 Å². The number of aromatic nitrogens is 5. The second-order valence-corrected chi connectivity index (χ2v) is 8.10. The van der Waals surface area contributed by atoms with Gasteiger partial charge in [0, 0.05) is 45.7 Å². The molecule has 5 rings (SSSR count). The summed E-state index contributed by atoms with van der Waals surface area (Å²) in [5, 5.41) is 8.14. The van der Waals surface area contributed by atoms with Crippen molar-refractivity contribution in [3.05, 3.63) is 54.4 Å². The van der Waals surface area contributed by atoms with E-state index < -0.39 is 5.82 Å². The Labute approximate surface area is 179 Å². The van der Waals surface area contributed by atoms with Gasteiger partial charge in [-0.05, 0) is 18.6 Å². The molecule has 0 N–H and O–H groups in total. The van der Waals surface area contributed by atoms with E-state index in [-0.39, 0.29) is 17.5 Å². The SMILES string of the molecule is CN(C)c1cc(N2CC[C@@H]3CN(C(=O)c4c(F)cccc4-n4nccn4)C3C2)ncn1. The number of rotatable bonds is 4. The Hall–Kier alpha value is -3.56. The summed E-state index contributed by atoms with van der Waals surface area (Å²) < 4.78 is 14.8. The zero-order valence-electron chi connectivity index (χ0n) is 17.4. The van der Waals surface area contributed by atoms with Gasteiger partial charge in [0.15, 0.2) is 0 Å². The smallest absolute Gasteiger partial charge is 0.259 e. The monoisotopic (exact) mass is 422 g/mol. The van der Waals surface area contributed by atoms with Crippen molar-refractivity contribution in [1.29, 1.82) is 0 Å². The van der Waals surface area contributed by atoms with E-state index in [4.69, 9.17) is 0 Å². The number of carbonyl (C=O) groups is 1. The molecule has 0 aliphatic carbocycles. The molecule has 2 aromatic heterocycles. The highest BCUT2D eigenvalue weighted by Crippen LogP contribution is 2.36. The molecule has 0 bridgehead atoms. The first-order valence-electron chi connectivity index (χ1n) is 10.2. The van der Waals surface area contributed by atoms with Gasteiger partial charge in [-0.1, -0.05) is 6.07 Å². The lowest BCUT2D eigenvalue weighted by atomic mass is 9.81. The maximum Gasteiger partial charge on any atom is 0.259 e. The number of piperidine rings is 1. The Bertz CT molecular complexity index is 1100. The van der Waals surface area contributed by atoms with Crippen LogP contribution >= 0.6 is 0 Å². The van der Waals surface area contributed by atoms with Crippen molar-refractivity contribution in [2.45, 2.75) is 12.5 Å². The Morgan fingerprint density at radius 1 is 1.16 bits per heavy atom. The second-order valence-electron chi connectivity index (χ2n) is 8.10. The van der Waals surface area contributed by atoms with E-state index in [1.807, 2.05) is 25.1 Å². The average molecular weight is 422 g/mol. The van der Waals surface area contributed by atoms with Crippen LogP contribution in [0.5, 0.6) is 0 Å². The molecule has 1 aromatic carbocycles. The van der Waals surface area contributed by atoms with Crippen LogP contribution in [0.25, 0.3) is 5.69 Å². The Kier molecular flexibility index (Phi) is 4.76. The van der Waals surface area contributed by atoms with Crippen molar-refractivity contribution in [2.24, 2.45) is 5.92 Å². The topological polar surface area (TPSA) is 83.3 Å². The largest absolute Gasteiger partial charge is 0.363 e. The van der Waals surface area contributed by atoms with Gasteiger partial charge in [-0.2, -0.15) is 15.0 Å². The lowest BCUT2D eigenvalue weighted by Gasteiger charge is -2.53. The molecule has 2 fully saturated rings. The maximum absolute atomic E-state index is 14.8. The number of anilines is 2. The van der Waals surface area contributed by atoms with E-state index >= 15 is 0 Å². The van der Waals surface area contributed by atoms with E-state index in [0.29, 0.717) is 24.7 Å². The van der Waals surface area contributed by atoms with Gasteiger partial charge in [0.05, 0.1) is 18.4 Å². The minimum Gasteiger partial charge on any atom is -0.363 e. The van der Waals surface area contributed by atoms with E-state index in [0.717, 1.165) is 24.6 Å². The fourth-order valence-corrected chi connectivity index (χ4v) is 4.37. The van der Waals surface area contributed by atoms with Crippen molar-refractivity contribution in [3.8, 4) is 5.69 Å². The van der Waals surface area contributed by atoms with Crippen LogP contribution < -0.4 is 9.80 Å². The zero-order valence-corrected chi connectivity index (χ0v) is 17.4. The Morgan fingerprint density at radius 3 is 2.74 bits per heavy atom. The summed E-state index contributed by atoms with van der Waals surface area (Å²) in [6.07, 6.45) is 5.52. The normalized spacial score (nSPS) is 20.2. The van der Waals surface area contributed by atoms with Gasteiger partial charge in [0.2, 0.25) is 0 Å². The molecule has 2 atom stereocenters. The number of likely N-dealkylation sites (tertiary alicyclic amines) is 1. The van der Waals surface area contributed by atoms with Gasteiger partial charge >= 0.3 is 0 Å². The van der Waals surface area contributed by atoms with E-state index in [1.165, 1.54) is 23.3 Å². The van der Waals surface area contributed by atoms with E-state index in [1.54, 1.807) is 23.4 Å². The fourth-order valence-electron chi connectivity index (χ4n) is 4.37. The van der Waals surface area contributed by atoms with Gasteiger partial charge in [-0.15, -0.1) is 0 Å². The summed E-state index contributed by atoms with van der Waals surface area (Å²) in [6, 6.07) is 6.48. The highest BCUT2D eigenvalue weighted by Gasteiger charge is 2.46. The van der Waals surface area contributed by atoms with E-state index in [9.17, 15) is 9.18 Å². The number of fused-ring (bicyclic) bond motifs is 1. The summed E-state index contributed by atoms with van der Waals surface area (Å²) in [6.45, 7) is 2.16. The molecule has 1 amide bonds. The highest BCUT2D eigenvalue weighted by molar-refractivity contribution is 5.98.